The summed E-state index contributed by atoms with van der Waals surface area (Å²) in [6.45, 7) is 2.61. The zero-order valence-corrected chi connectivity index (χ0v) is 16.2. The number of rotatable bonds is 4. The van der Waals surface area contributed by atoms with Crippen LogP contribution < -0.4 is 9.62 Å². The number of nitrogens with zero attached hydrogens (tertiary/aromatic N) is 1. The van der Waals surface area contributed by atoms with Gasteiger partial charge in [-0.2, -0.15) is 0 Å². The van der Waals surface area contributed by atoms with Crippen molar-refractivity contribution in [2.45, 2.75) is 31.1 Å². The Bertz CT molecular complexity index is 895. The maximum absolute atomic E-state index is 12.5. The second-order valence-electron chi connectivity index (χ2n) is 6.07. The van der Waals surface area contributed by atoms with E-state index in [9.17, 15) is 13.2 Å². The number of aryl methyl sites for hydroxylation is 1. The van der Waals surface area contributed by atoms with Gasteiger partial charge in [-0.15, -0.1) is 0 Å². The van der Waals surface area contributed by atoms with Crippen LogP contribution in [0.5, 0.6) is 0 Å². The number of amides is 1. The molecule has 3 rings (SSSR count). The van der Waals surface area contributed by atoms with Gasteiger partial charge in [-0.05, 0) is 61.7 Å². The monoisotopic (exact) mass is 422 g/mol. The molecule has 0 aromatic heterocycles. The van der Waals surface area contributed by atoms with Crippen LogP contribution in [0.15, 0.2) is 51.8 Å². The number of nitrogens with one attached hydrogen (secondary N) is 1. The third-order valence-corrected chi connectivity index (χ3v) is 6.46. The van der Waals surface area contributed by atoms with Gasteiger partial charge in [-0.1, -0.05) is 22.0 Å². The predicted molar refractivity (Wildman–Crippen MR) is 102 cm³/mol. The summed E-state index contributed by atoms with van der Waals surface area (Å²) in [6.07, 6.45) is 2.43. The molecule has 7 heteroatoms. The highest BCUT2D eigenvalue weighted by molar-refractivity contribution is 9.10. The number of benzene rings is 2. The standard InChI is InChI=1S/C18H19BrN2O3S/c1-13-5-6-14(12-17(13)19)20-25(23,24)16-9-7-15(8-10-16)21-11-3-2-4-18(21)22/h5-10,12,20H,2-4,11H2,1H3. The molecule has 1 heterocycles. The molecule has 0 atom stereocenters. The molecule has 5 nitrogen and oxygen atoms in total. The molecular formula is C18H19BrN2O3S. The van der Waals surface area contributed by atoms with Crippen molar-refractivity contribution in [1.29, 1.82) is 0 Å². The van der Waals surface area contributed by atoms with Gasteiger partial charge in [0, 0.05) is 28.8 Å². The Labute approximate surface area is 156 Å². The fraction of sp³-hybridized carbons (Fsp3) is 0.278. The van der Waals surface area contributed by atoms with Crippen molar-refractivity contribution < 1.29 is 13.2 Å². The van der Waals surface area contributed by atoms with E-state index < -0.39 is 10.0 Å². The lowest BCUT2D eigenvalue weighted by atomic mass is 10.1. The normalized spacial score (nSPS) is 15.3. The van der Waals surface area contributed by atoms with E-state index in [4.69, 9.17) is 0 Å². The molecule has 2 aromatic rings. The molecule has 0 bridgehead atoms. The summed E-state index contributed by atoms with van der Waals surface area (Å²) in [5.74, 6) is 0.0875. The Kier molecular flexibility index (Phi) is 5.15. The zero-order valence-electron chi connectivity index (χ0n) is 13.8. The van der Waals surface area contributed by atoms with Crippen molar-refractivity contribution >= 4 is 43.2 Å². The molecule has 132 valence electrons. The fourth-order valence-electron chi connectivity index (χ4n) is 2.75. The molecule has 1 aliphatic rings. The van der Waals surface area contributed by atoms with Crippen LogP contribution in [0.3, 0.4) is 0 Å². The summed E-state index contributed by atoms with van der Waals surface area (Å²) in [4.78, 5) is 13.8. The second kappa shape index (κ2) is 7.17. The average molecular weight is 423 g/mol. The van der Waals surface area contributed by atoms with Gasteiger partial charge < -0.3 is 4.90 Å². The summed E-state index contributed by atoms with van der Waals surface area (Å²) in [6, 6.07) is 11.7. The lowest BCUT2D eigenvalue weighted by Crippen LogP contribution is -2.35. The average Bonchev–Trinajstić information content (AvgIpc) is 2.58. The molecule has 0 unspecified atom stereocenters. The number of anilines is 2. The lowest BCUT2D eigenvalue weighted by molar-refractivity contribution is -0.119. The van der Waals surface area contributed by atoms with E-state index in [2.05, 4.69) is 20.7 Å². The van der Waals surface area contributed by atoms with Gasteiger partial charge >= 0.3 is 0 Å². The number of sulfonamides is 1. The molecule has 0 radical (unpaired) electrons. The van der Waals surface area contributed by atoms with E-state index in [1.165, 1.54) is 12.1 Å². The van der Waals surface area contributed by atoms with Gasteiger partial charge in [0.2, 0.25) is 5.91 Å². The van der Waals surface area contributed by atoms with E-state index in [1.54, 1.807) is 29.2 Å². The number of piperidine rings is 1. The Morgan fingerprint density at radius 2 is 1.80 bits per heavy atom. The van der Waals surface area contributed by atoms with Crippen molar-refractivity contribution in [2.24, 2.45) is 0 Å². The number of halogens is 1. The summed E-state index contributed by atoms with van der Waals surface area (Å²) < 4.78 is 28.5. The molecule has 1 fully saturated rings. The maximum Gasteiger partial charge on any atom is 0.261 e. The summed E-state index contributed by atoms with van der Waals surface area (Å²) in [7, 11) is -3.68. The van der Waals surface area contributed by atoms with E-state index in [0.29, 0.717) is 18.7 Å². The van der Waals surface area contributed by atoms with Crippen molar-refractivity contribution in [3.8, 4) is 0 Å². The van der Waals surface area contributed by atoms with Crippen LogP contribution in [0, 0.1) is 6.92 Å². The van der Waals surface area contributed by atoms with Crippen molar-refractivity contribution in [2.75, 3.05) is 16.2 Å². The first-order chi connectivity index (χ1) is 11.9. The highest BCUT2D eigenvalue weighted by Gasteiger charge is 2.21. The van der Waals surface area contributed by atoms with Crippen LogP contribution in [-0.2, 0) is 14.8 Å². The summed E-state index contributed by atoms with van der Waals surface area (Å²) >= 11 is 3.40. The van der Waals surface area contributed by atoms with E-state index in [1.807, 2.05) is 13.0 Å². The Morgan fingerprint density at radius 1 is 1.08 bits per heavy atom. The largest absolute Gasteiger partial charge is 0.312 e. The number of hydrogen-bond acceptors (Lipinski definition) is 3. The lowest BCUT2D eigenvalue weighted by Gasteiger charge is -2.26. The second-order valence-corrected chi connectivity index (χ2v) is 8.60. The minimum atomic E-state index is -3.68. The fourth-order valence-corrected chi connectivity index (χ4v) is 4.18. The van der Waals surface area contributed by atoms with Crippen molar-refractivity contribution in [3.63, 3.8) is 0 Å². The number of hydrogen-bond donors (Lipinski definition) is 1. The highest BCUT2D eigenvalue weighted by Crippen LogP contribution is 2.25. The van der Waals surface area contributed by atoms with Crippen molar-refractivity contribution in [1.82, 2.24) is 0 Å². The first-order valence-corrected chi connectivity index (χ1v) is 10.3. The molecular weight excluding hydrogens is 404 g/mol. The van der Waals surface area contributed by atoms with Gasteiger partial charge in [0.15, 0.2) is 0 Å². The third kappa shape index (κ3) is 4.04. The minimum absolute atomic E-state index is 0.0875. The molecule has 1 saturated heterocycles. The predicted octanol–water partition coefficient (Wildman–Crippen LogP) is 4.08. The van der Waals surface area contributed by atoms with Crippen LogP contribution in [0.25, 0.3) is 0 Å². The first kappa shape index (κ1) is 17.9. The van der Waals surface area contributed by atoms with Crippen LogP contribution in [0.2, 0.25) is 0 Å². The van der Waals surface area contributed by atoms with Crippen LogP contribution >= 0.6 is 15.9 Å². The Hall–Kier alpha value is -1.86. The van der Waals surface area contributed by atoms with Crippen molar-refractivity contribution in [3.05, 3.63) is 52.5 Å². The topological polar surface area (TPSA) is 66.5 Å². The zero-order chi connectivity index (χ0) is 18.0. The number of carbonyl (C=O) groups is 1. The van der Waals surface area contributed by atoms with E-state index >= 15 is 0 Å². The van der Waals surface area contributed by atoms with Crippen LogP contribution in [-0.4, -0.2) is 20.9 Å². The maximum atomic E-state index is 12.5. The molecule has 1 N–H and O–H groups in total. The van der Waals surface area contributed by atoms with Gasteiger partial charge in [0.25, 0.3) is 10.0 Å². The smallest absolute Gasteiger partial charge is 0.261 e. The van der Waals surface area contributed by atoms with Crippen LogP contribution in [0.1, 0.15) is 24.8 Å². The van der Waals surface area contributed by atoms with E-state index in [-0.39, 0.29) is 10.8 Å². The van der Waals surface area contributed by atoms with Gasteiger partial charge in [-0.25, -0.2) is 8.42 Å². The summed E-state index contributed by atoms with van der Waals surface area (Å²) in [5.41, 5.74) is 2.26. The third-order valence-electron chi connectivity index (χ3n) is 4.21. The summed E-state index contributed by atoms with van der Waals surface area (Å²) in [5, 5.41) is 0. The Balaban J connectivity index is 1.80. The van der Waals surface area contributed by atoms with Gasteiger partial charge in [-0.3, -0.25) is 9.52 Å². The molecule has 1 amide bonds. The molecule has 0 spiro atoms. The van der Waals surface area contributed by atoms with Crippen LogP contribution in [0.4, 0.5) is 11.4 Å². The quantitative estimate of drug-likeness (QED) is 0.806. The minimum Gasteiger partial charge on any atom is -0.312 e. The Morgan fingerprint density at radius 3 is 2.44 bits per heavy atom. The van der Waals surface area contributed by atoms with Gasteiger partial charge in [0.05, 0.1) is 4.90 Å². The molecule has 0 aliphatic carbocycles. The molecule has 2 aromatic carbocycles. The van der Waals surface area contributed by atoms with Gasteiger partial charge in [0.1, 0.15) is 0 Å². The molecule has 1 aliphatic heterocycles. The first-order valence-electron chi connectivity index (χ1n) is 8.06. The SMILES string of the molecule is Cc1ccc(NS(=O)(=O)c2ccc(N3CCCCC3=O)cc2)cc1Br. The highest BCUT2D eigenvalue weighted by atomic mass is 79.9. The molecule has 25 heavy (non-hydrogen) atoms. The number of carbonyl (C=O) groups excluding carboxylic acids is 1. The van der Waals surface area contributed by atoms with E-state index in [0.717, 1.165) is 28.6 Å². The molecule has 0 saturated carbocycles.